The Morgan fingerprint density at radius 3 is 2.61 bits per heavy atom. The minimum absolute atomic E-state index is 0.0105. The summed E-state index contributed by atoms with van der Waals surface area (Å²) < 4.78 is 0. The number of hydrogen-bond acceptors (Lipinski definition) is 3. The molecule has 0 aromatic carbocycles. The fourth-order valence-corrected chi connectivity index (χ4v) is 1.90. The number of carbonyl (C=O) groups excluding carboxylic acids is 2. The molecule has 5 nitrogen and oxygen atoms in total. The Morgan fingerprint density at radius 1 is 1.39 bits per heavy atom. The molecule has 0 unspecified atom stereocenters. The van der Waals surface area contributed by atoms with Crippen molar-refractivity contribution in [2.24, 2.45) is 5.41 Å². The van der Waals surface area contributed by atoms with Gasteiger partial charge in [0, 0.05) is 44.1 Å². The molecule has 1 aliphatic rings. The molecule has 0 bridgehead atoms. The summed E-state index contributed by atoms with van der Waals surface area (Å²) in [5, 5.41) is 6.06. The summed E-state index contributed by atoms with van der Waals surface area (Å²) in [5.74, 6) is 0.113. The molecule has 5 heteroatoms. The summed E-state index contributed by atoms with van der Waals surface area (Å²) in [5.41, 5.74) is -0.397. The van der Waals surface area contributed by atoms with E-state index in [0.29, 0.717) is 13.0 Å². The van der Waals surface area contributed by atoms with Crippen molar-refractivity contribution in [2.45, 2.75) is 40.2 Å². The molecule has 1 fully saturated rings. The number of hydrogen-bond donors (Lipinski definition) is 2. The smallest absolute Gasteiger partial charge is 0.225 e. The number of carbonyl (C=O) groups is 2. The molecule has 1 aliphatic heterocycles. The molecule has 1 rings (SSSR count). The van der Waals surface area contributed by atoms with Crippen LogP contribution in [0, 0.1) is 5.41 Å². The number of nitrogens with one attached hydrogen (secondary N) is 2. The van der Waals surface area contributed by atoms with E-state index < -0.39 is 5.41 Å². The van der Waals surface area contributed by atoms with Crippen LogP contribution in [0.25, 0.3) is 0 Å². The largest absolute Gasteiger partial charge is 0.355 e. The van der Waals surface area contributed by atoms with Crippen molar-refractivity contribution in [3.8, 4) is 0 Å². The third-order valence-electron chi connectivity index (χ3n) is 3.13. The number of nitrogens with zero attached hydrogens (tertiary/aromatic N) is 1. The molecular weight excluding hydrogens is 230 g/mol. The van der Waals surface area contributed by atoms with Crippen molar-refractivity contribution in [1.29, 1.82) is 0 Å². The van der Waals surface area contributed by atoms with Gasteiger partial charge in [0.05, 0.1) is 0 Å². The third kappa shape index (κ3) is 4.29. The molecule has 0 saturated carbocycles. The highest BCUT2D eigenvalue weighted by Gasteiger charge is 2.24. The number of rotatable bonds is 3. The summed E-state index contributed by atoms with van der Waals surface area (Å²) >= 11 is 0. The first kappa shape index (κ1) is 15.0. The highest BCUT2D eigenvalue weighted by atomic mass is 16.2. The van der Waals surface area contributed by atoms with Crippen LogP contribution in [0.15, 0.2) is 0 Å². The Balaban J connectivity index is 2.31. The van der Waals surface area contributed by atoms with Gasteiger partial charge in [-0.3, -0.25) is 9.59 Å². The van der Waals surface area contributed by atoms with E-state index in [2.05, 4.69) is 10.6 Å². The molecular formula is C13H25N3O2. The van der Waals surface area contributed by atoms with Gasteiger partial charge >= 0.3 is 0 Å². The summed E-state index contributed by atoms with van der Waals surface area (Å²) in [7, 11) is 0. The lowest BCUT2D eigenvalue weighted by Gasteiger charge is -2.34. The van der Waals surface area contributed by atoms with Crippen LogP contribution >= 0.6 is 0 Å². The minimum Gasteiger partial charge on any atom is -0.355 e. The molecule has 2 amide bonds. The van der Waals surface area contributed by atoms with E-state index in [1.807, 2.05) is 32.6 Å². The zero-order chi connectivity index (χ0) is 13.8. The van der Waals surface area contributed by atoms with E-state index in [0.717, 1.165) is 19.6 Å². The monoisotopic (exact) mass is 255 g/mol. The third-order valence-corrected chi connectivity index (χ3v) is 3.13. The molecule has 1 saturated heterocycles. The van der Waals surface area contributed by atoms with Crippen LogP contribution in [0.3, 0.4) is 0 Å². The Bertz CT molecular complexity index is 310. The van der Waals surface area contributed by atoms with Crippen molar-refractivity contribution in [1.82, 2.24) is 15.5 Å². The van der Waals surface area contributed by atoms with Gasteiger partial charge in [-0.25, -0.2) is 0 Å². The van der Waals surface area contributed by atoms with Crippen LogP contribution < -0.4 is 10.6 Å². The Labute approximate surface area is 109 Å². The van der Waals surface area contributed by atoms with Gasteiger partial charge in [-0.15, -0.1) is 0 Å². The maximum Gasteiger partial charge on any atom is 0.225 e. The topological polar surface area (TPSA) is 61.4 Å². The number of amides is 2. The Morgan fingerprint density at radius 2 is 2.06 bits per heavy atom. The van der Waals surface area contributed by atoms with Gasteiger partial charge in [0.1, 0.15) is 0 Å². The highest BCUT2D eigenvalue weighted by molar-refractivity contribution is 5.82. The predicted octanol–water partition coefficient (Wildman–Crippen LogP) is 0.359. The van der Waals surface area contributed by atoms with Gasteiger partial charge in [0.15, 0.2) is 0 Å². The SMILES string of the molecule is C[C@H]1CNCCN1C(=O)CCNC(=O)C(C)(C)C. The van der Waals surface area contributed by atoms with Gasteiger partial charge in [-0.1, -0.05) is 20.8 Å². The molecule has 2 N–H and O–H groups in total. The van der Waals surface area contributed by atoms with Gasteiger partial charge in [0.25, 0.3) is 0 Å². The fraction of sp³-hybridized carbons (Fsp3) is 0.846. The van der Waals surface area contributed by atoms with Gasteiger partial charge in [-0.2, -0.15) is 0 Å². The lowest BCUT2D eigenvalue weighted by atomic mass is 9.96. The minimum atomic E-state index is -0.397. The summed E-state index contributed by atoms with van der Waals surface area (Å²) in [6.07, 6.45) is 0.381. The molecule has 0 spiro atoms. The van der Waals surface area contributed by atoms with Crippen molar-refractivity contribution in [2.75, 3.05) is 26.2 Å². The number of piperazine rings is 1. The molecule has 0 radical (unpaired) electrons. The Hall–Kier alpha value is -1.10. The van der Waals surface area contributed by atoms with Gasteiger partial charge in [0.2, 0.25) is 11.8 Å². The molecule has 104 valence electrons. The second-order valence-corrected chi connectivity index (χ2v) is 5.90. The standard InChI is InChI=1S/C13H25N3O2/c1-10-9-14-7-8-16(10)11(17)5-6-15-12(18)13(2,3)4/h10,14H,5-9H2,1-4H3,(H,15,18)/t10-/m0/s1. The average molecular weight is 255 g/mol. The zero-order valence-electron chi connectivity index (χ0n) is 11.9. The molecule has 0 aromatic rings. The van der Waals surface area contributed by atoms with E-state index >= 15 is 0 Å². The molecule has 1 heterocycles. The van der Waals surface area contributed by atoms with E-state index in [-0.39, 0.29) is 17.9 Å². The maximum atomic E-state index is 12.0. The van der Waals surface area contributed by atoms with E-state index in [4.69, 9.17) is 0 Å². The lowest BCUT2D eigenvalue weighted by Crippen LogP contribution is -2.52. The van der Waals surface area contributed by atoms with Crippen molar-refractivity contribution < 1.29 is 9.59 Å². The van der Waals surface area contributed by atoms with Gasteiger partial charge < -0.3 is 15.5 Å². The summed E-state index contributed by atoms with van der Waals surface area (Å²) in [4.78, 5) is 25.5. The molecule has 0 aliphatic carbocycles. The zero-order valence-corrected chi connectivity index (χ0v) is 11.9. The first-order valence-electron chi connectivity index (χ1n) is 6.61. The van der Waals surface area contributed by atoms with Crippen LogP contribution in [0.5, 0.6) is 0 Å². The molecule has 0 aromatic heterocycles. The summed E-state index contributed by atoms with van der Waals surface area (Å²) in [6, 6.07) is 0.240. The van der Waals surface area contributed by atoms with Crippen LogP contribution in [-0.4, -0.2) is 48.9 Å². The van der Waals surface area contributed by atoms with E-state index in [9.17, 15) is 9.59 Å². The average Bonchev–Trinajstić information content (AvgIpc) is 2.28. The maximum absolute atomic E-state index is 12.0. The lowest BCUT2D eigenvalue weighted by molar-refractivity contribution is -0.134. The predicted molar refractivity (Wildman–Crippen MR) is 71.1 cm³/mol. The molecule has 18 heavy (non-hydrogen) atoms. The molecule has 1 atom stereocenters. The normalized spacial score (nSPS) is 20.7. The van der Waals surface area contributed by atoms with Crippen LogP contribution in [0.1, 0.15) is 34.1 Å². The van der Waals surface area contributed by atoms with Crippen LogP contribution in [-0.2, 0) is 9.59 Å². The van der Waals surface area contributed by atoms with E-state index in [1.165, 1.54) is 0 Å². The quantitative estimate of drug-likeness (QED) is 0.765. The van der Waals surface area contributed by atoms with Crippen molar-refractivity contribution >= 4 is 11.8 Å². The Kier molecular flexibility index (Phi) is 5.14. The van der Waals surface area contributed by atoms with Crippen LogP contribution in [0.2, 0.25) is 0 Å². The first-order valence-corrected chi connectivity index (χ1v) is 6.61. The fourth-order valence-electron chi connectivity index (χ4n) is 1.90. The van der Waals surface area contributed by atoms with Crippen molar-refractivity contribution in [3.63, 3.8) is 0 Å². The highest BCUT2D eigenvalue weighted by Crippen LogP contribution is 2.12. The second-order valence-electron chi connectivity index (χ2n) is 5.90. The second kappa shape index (κ2) is 6.18. The van der Waals surface area contributed by atoms with E-state index in [1.54, 1.807) is 0 Å². The van der Waals surface area contributed by atoms with Crippen molar-refractivity contribution in [3.05, 3.63) is 0 Å². The first-order chi connectivity index (χ1) is 8.32. The summed E-state index contributed by atoms with van der Waals surface area (Å²) in [6.45, 7) is 10.5. The van der Waals surface area contributed by atoms with Crippen LogP contribution in [0.4, 0.5) is 0 Å². The van der Waals surface area contributed by atoms with Gasteiger partial charge in [-0.05, 0) is 6.92 Å².